The van der Waals surface area contributed by atoms with Crippen molar-refractivity contribution in [3.8, 4) is 0 Å². The third-order valence-corrected chi connectivity index (χ3v) is 18.3. The molecule has 0 aromatic carbocycles. The monoisotopic (exact) mass is 168 g/mol. The van der Waals surface area contributed by atoms with E-state index < -0.39 is 6.46 Å². The van der Waals surface area contributed by atoms with Crippen LogP contribution in [0.1, 0.15) is 6.92 Å². The van der Waals surface area contributed by atoms with Crippen LogP contribution in [0.15, 0.2) is 0 Å². The zero-order chi connectivity index (χ0) is 7.71. The van der Waals surface area contributed by atoms with Crippen LogP contribution < -0.4 is 0 Å². The Morgan fingerprint density at radius 1 is 1.11 bits per heavy atom. The van der Waals surface area contributed by atoms with E-state index in [9.17, 15) is 0 Å². The Labute approximate surface area is 61.8 Å². The molecule has 0 saturated carbocycles. The SMILES string of the molecule is CC[PH](C)(C)S(C)(C)C. The van der Waals surface area contributed by atoms with Gasteiger partial charge >= 0.3 is 61.3 Å². The molecule has 0 aromatic heterocycles. The van der Waals surface area contributed by atoms with Crippen molar-refractivity contribution in [2.75, 3.05) is 38.3 Å². The van der Waals surface area contributed by atoms with E-state index in [1.54, 1.807) is 0 Å². The molecule has 0 N–H and O–H groups in total. The van der Waals surface area contributed by atoms with Gasteiger partial charge < -0.3 is 0 Å². The molecule has 0 bridgehead atoms. The van der Waals surface area contributed by atoms with Crippen LogP contribution >= 0.6 is 16.1 Å². The third kappa shape index (κ3) is 2.47. The summed E-state index contributed by atoms with van der Waals surface area (Å²) in [7, 11) is -0.214. The van der Waals surface area contributed by atoms with Crippen LogP contribution in [0.4, 0.5) is 0 Å². The summed E-state index contributed by atoms with van der Waals surface area (Å²) < 4.78 is 0. The number of rotatable bonds is 2. The van der Waals surface area contributed by atoms with Crippen molar-refractivity contribution >= 4 is 16.1 Å². The van der Waals surface area contributed by atoms with Crippen LogP contribution in [0.25, 0.3) is 0 Å². The summed E-state index contributed by atoms with van der Waals surface area (Å²) in [5.74, 6) is 0. The van der Waals surface area contributed by atoms with Crippen molar-refractivity contribution in [2.24, 2.45) is 0 Å². The zero-order valence-corrected chi connectivity index (χ0v) is 9.43. The molecule has 0 saturated heterocycles. The second-order valence-corrected chi connectivity index (χ2v) is 18.8. The van der Waals surface area contributed by atoms with Gasteiger partial charge in [0.2, 0.25) is 0 Å². The quantitative estimate of drug-likeness (QED) is 0.556. The molecule has 0 aliphatic heterocycles. The van der Waals surface area contributed by atoms with Gasteiger partial charge in [0.25, 0.3) is 0 Å². The van der Waals surface area contributed by atoms with E-state index >= 15 is 0 Å². The van der Waals surface area contributed by atoms with Gasteiger partial charge in [-0.25, -0.2) is 0 Å². The molecule has 0 aliphatic rings. The summed E-state index contributed by atoms with van der Waals surface area (Å²) in [6, 6.07) is 0. The minimum absolute atomic E-state index is 0.214. The summed E-state index contributed by atoms with van der Waals surface area (Å²) in [5.41, 5.74) is 0. The van der Waals surface area contributed by atoms with E-state index in [-0.39, 0.29) is 9.65 Å². The van der Waals surface area contributed by atoms with Crippen LogP contribution in [0.3, 0.4) is 0 Å². The van der Waals surface area contributed by atoms with Gasteiger partial charge in [-0.1, -0.05) is 0 Å². The van der Waals surface area contributed by atoms with Gasteiger partial charge in [-0.15, -0.1) is 0 Å². The van der Waals surface area contributed by atoms with E-state index in [2.05, 4.69) is 39.0 Å². The molecular formula is C7H21PS. The van der Waals surface area contributed by atoms with Crippen molar-refractivity contribution < 1.29 is 0 Å². The molecule has 0 fully saturated rings. The fraction of sp³-hybridized carbons (Fsp3) is 1.00. The molecule has 0 aliphatic carbocycles. The molecule has 0 nitrogen and oxygen atoms in total. The summed E-state index contributed by atoms with van der Waals surface area (Å²) in [6.07, 6.45) is 8.78. The van der Waals surface area contributed by atoms with Gasteiger partial charge in [-0.3, -0.25) is 0 Å². The first-order valence-corrected chi connectivity index (χ1v) is 10.3. The standard InChI is InChI=1S/C7H21PS/c1-7-8(2,3)9(4,5)6/h8H,7H2,1-6H3. The summed E-state index contributed by atoms with van der Waals surface area (Å²) in [4.78, 5) is 0. The average Bonchev–Trinajstić information content (AvgIpc) is 1.64. The van der Waals surface area contributed by atoms with E-state index in [4.69, 9.17) is 0 Å². The van der Waals surface area contributed by atoms with Crippen LogP contribution in [-0.2, 0) is 0 Å². The van der Waals surface area contributed by atoms with Crippen molar-refractivity contribution in [1.82, 2.24) is 0 Å². The molecule has 0 rings (SSSR count). The van der Waals surface area contributed by atoms with Crippen LogP contribution in [0.5, 0.6) is 0 Å². The maximum atomic E-state index is 2.50. The second kappa shape index (κ2) is 2.80. The van der Waals surface area contributed by atoms with E-state index in [0.717, 1.165) is 0 Å². The molecular weight excluding hydrogens is 147 g/mol. The maximum absolute atomic E-state index is 2.50. The van der Waals surface area contributed by atoms with Gasteiger partial charge in [0, 0.05) is 0 Å². The first-order valence-electron chi connectivity index (χ1n) is 3.49. The van der Waals surface area contributed by atoms with Crippen LogP contribution in [-0.4, -0.2) is 38.3 Å². The Balaban J connectivity index is 4.14. The van der Waals surface area contributed by atoms with Gasteiger partial charge in [0.1, 0.15) is 0 Å². The van der Waals surface area contributed by atoms with E-state index in [1.165, 1.54) is 6.16 Å². The van der Waals surface area contributed by atoms with Crippen molar-refractivity contribution in [3.63, 3.8) is 0 Å². The first-order chi connectivity index (χ1) is 3.81. The molecule has 0 aromatic rings. The molecule has 0 spiro atoms. The van der Waals surface area contributed by atoms with E-state index in [1.807, 2.05) is 0 Å². The molecule has 0 heterocycles. The second-order valence-electron chi connectivity index (χ2n) is 3.95. The third-order valence-electron chi connectivity index (χ3n) is 2.51. The fourth-order valence-corrected chi connectivity index (χ4v) is 3.90. The van der Waals surface area contributed by atoms with Crippen molar-refractivity contribution in [2.45, 2.75) is 6.92 Å². The Bertz CT molecular complexity index is 91.6. The average molecular weight is 168 g/mol. The fourth-order valence-electron chi connectivity index (χ4n) is 0.433. The Kier molecular flexibility index (Phi) is 3.04. The minimum atomic E-state index is -0.796. The topological polar surface area (TPSA) is 0 Å². The van der Waals surface area contributed by atoms with Gasteiger partial charge in [-0.2, -0.15) is 0 Å². The predicted molar refractivity (Wildman–Crippen MR) is 56.1 cm³/mol. The zero-order valence-electron chi connectivity index (χ0n) is 7.62. The van der Waals surface area contributed by atoms with E-state index in [0.29, 0.717) is 0 Å². The molecule has 0 unspecified atom stereocenters. The molecule has 0 atom stereocenters. The summed E-state index contributed by atoms with van der Waals surface area (Å²) >= 11 is 0. The van der Waals surface area contributed by atoms with Crippen molar-refractivity contribution in [1.29, 1.82) is 0 Å². The van der Waals surface area contributed by atoms with Crippen LogP contribution in [0.2, 0.25) is 0 Å². The van der Waals surface area contributed by atoms with Gasteiger partial charge in [0.05, 0.1) is 0 Å². The van der Waals surface area contributed by atoms with Gasteiger partial charge in [0.15, 0.2) is 0 Å². The Morgan fingerprint density at radius 2 is 1.44 bits per heavy atom. The molecule has 60 valence electrons. The molecule has 0 radical (unpaired) electrons. The number of hydrogen-bond donors (Lipinski definition) is 0. The first kappa shape index (κ1) is 9.78. The Hall–Kier alpha value is 0.780. The molecule has 9 heavy (non-hydrogen) atoms. The summed E-state index contributed by atoms with van der Waals surface area (Å²) in [5, 5.41) is 0. The normalized spacial score (nSPS) is 17.6. The number of hydrogen-bond acceptors (Lipinski definition) is 0. The predicted octanol–water partition coefficient (Wildman–Crippen LogP) is 2.62. The summed E-state index contributed by atoms with van der Waals surface area (Å²) in [6.45, 7) is 6.55. The van der Waals surface area contributed by atoms with Gasteiger partial charge in [-0.05, 0) is 0 Å². The Morgan fingerprint density at radius 3 is 1.44 bits per heavy atom. The molecule has 2 heteroatoms. The van der Waals surface area contributed by atoms with Crippen LogP contribution in [0, 0.1) is 0 Å². The van der Waals surface area contributed by atoms with Crippen molar-refractivity contribution in [3.05, 3.63) is 0 Å². The molecule has 0 amide bonds.